The molecule has 3 nitrogen and oxygen atoms in total. The monoisotopic (exact) mass is 430 g/mol. The normalized spacial score (nSPS) is 12.8. The summed E-state index contributed by atoms with van der Waals surface area (Å²) < 4.78 is 66.5. The Hall–Kier alpha value is -3.55. The van der Waals surface area contributed by atoms with E-state index in [2.05, 4.69) is 9.97 Å². The predicted molar refractivity (Wildman–Crippen MR) is 105 cm³/mol. The molecule has 0 bridgehead atoms. The maximum absolute atomic E-state index is 14.3. The SMILES string of the molecule is Oc1c(C(Cc2ccc(F)cn2)c2ccc(C(F)(F)F)c(F)c2)ccc2cccnc12. The second kappa shape index (κ2) is 7.94. The number of phenolic OH excluding ortho intramolecular Hbond substituents is 1. The van der Waals surface area contributed by atoms with Crippen LogP contribution in [0.3, 0.4) is 0 Å². The third-order valence-corrected chi connectivity index (χ3v) is 5.06. The average molecular weight is 430 g/mol. The quantitative estimate of drug-likeness (QED) is 0.404. The van der Waals surface area contributed by atoms with Crippen molar-refractivity contribution in [1.29, 1.82) is 0 Å². The fourth-order valence-electron chi connectivity index (χ4n) is 3.55. The molecule has 158 valence electrons. The van der Waals surface area contributed by atoms with Gasteiger partial charge >= 0.3 is 6.18 Å². The molecule has 0 radical (unpaired) electrons. The number of hydrogen-bond donors (Lipinski definition) is 1. The van der Waals surface area contributed by atoms with Gasteiger partial charge in [-0.15, -0.1) is 0 Å². The molecule has 0 saturated carbocycles. The highest BCUT2D eigenvalue weighted by molar-refractivity contribution is 5.85. The Morgan fingerprint density at radius 2 is 1.74 bits per heavy atom. The van der Waals surface area contributed by atoms with Gasteiger partial charge in [0.15, 0.2) is 0 Å². The molecule has 0 aliphatic carbocycles. The molecule has 4 aromatic rings. The van der Waals surface area contributed by atoms with Gasteiger partial charge in [-0.25, -0.2) is 8.78 Å². The molecule has 4 rings (SSSR count). The van der Waals surface area contributed by atoms with E-state index in [0.717, 1.165) is 12.3 Å². The maximum atomic E-state index is 14.3. The largest absolute Gasteiger partial charge is 0.505 e. The van der Waals surface area contributed by atoms with Crippen LogP contribution in [0.2, 0.25) is 0 Å². The lowest BCUT2D eigenvalue weighted by molar-refractivity contribution is -0.140. The van der Waals surface area contributed by atoms with Gasteiger partial charge in [0, 0.05) is 35.2 Å². The van der Waals surface area contributed by atoms with E-state index in [9.17, 15) is 27.1 Å². The van der Waals surface area contributed by atoms with E-state index >= 15 is 0 Å². The second-order valence-electron chi connectivity index (χ2n) is 7.04. The smallest absolute Gasteiger partial charge is 0.419 e. The molecule has 0 amide bonds. The number of hydrogen-bond acceptors (Lipinski definition) is 3. The molecule has 1 N–H and O–H groups in total. The minimum absolute atomic E-state index is 0.0942. The summed E-state index contributed by atoms with van der Waals surface area (Å²) in [6, 6.07) is 12.1. The zero-order valence-corrected chi connectivity index (χ0v) is 15.9. The van der Waals surface area contributed by atoms with E-state index in [1.54, 1.807) is 24.3 Å². The number of rotatable bonds is 4. The lowest BCUT2D eigenvalue weighted by Crippen LogP contribution is -2.11. The molecule has 0 aliphatic heterocycles. The zero-order valence-electron chi connectivity index (χ0n) is 15.9. The van der Waals surface area contributed by atoms with Crippen LogP contribution in [-0.4, -0.2) is 15.1 Å². The van der Waals surface area contributed by atoms with Crippen LogP contribution in [0.5, 0.6) is 5.75 Å². The van der Waals surface area contributed by atoms with Gasteiger partial charge in [-0.05, 0) is 35.9 Å². The highest BCUT2D eigenvalue weighted by Gasteiger charge is 2.34. The van der Waals surface area contributed by atoms with Crippen LogP contribution in [0.25, 0.3) is 10.9 Å². The summed E-state index contributed by atoms with van der Waals surface area (Å²) in [6.07, 6.45) is -2.22. The van der Waals surface area contributed by atoms with Crippen LogP contribution < -0.4 is 0 Å². The first kappa shape index (κ1) is 20.7. The third kappa shape index (κ3) is 4.19. The summed E-state index contributed by atoms with van der Waals surface area (Å²) in [7, 11) is 0. The Morgan fingerprint density at radius 3 is 2.42 bits per heavy atom. The summed E-state index contributed by atoms with van der Waals surface area (Å²) >= 11 is 0. The van der Waals surface area contributed by atoms with Crippen molar-refractivity contribution in [3.05, 3.63) is 101 Å². The highest BCUT2D eigenvalue weighted by Crippen LogP contribution is 2.39. The van der Waals surface area contributed by atoms with Crippen LogP contribution in [0.1, 0.15) is 28.3 Å². The lowest BCUT2D eigenvalue weighted by Gasteiger charge is -2.21. The molecule has 0 aliphatic rings. The van der Waals surface area contributed by atoms with Crippen molar-refractivity contribution in [3.8, 4) is 5.75 Å². The Bertz CT molecular complexity index is 1240. The van der Waals surface area contributed by atoms with Crippen molar-refractivity contribution in [1.82, 2.24) is 9.97 Å². The van der Waals surface area contributed by atoms with Gasteiger partial charge in [-0.3, -0.25) is 9.97 Å². The molecule has 2 heterocycles. The summed E-state index contributed by atoms with van der Waals surface area (Å²) in [4.78, 5) is 8.16. The minimum atomic E-state index is -4.83. The number of aromatic nitrogens is 2. The molecule has 1 unspecified atom stereocenters. The standard InChI is InChI=1S/C23H15F5N2O/c24-15-5-6-16(30-12-15)11-18(14-4-8-19(20(25)10-14)23(26,27)28)17-7-3-13-2-1-9-29-21(13)22(17)31/h1-10,12,18,31H,11H2. The maximum Gasteiger partial charge on any atom is 0.419 e. The minimum Gasteiger partial charge on any atom is -0.505 e. The first-order chi connectivity index (χ1) is 14.7. The Morgan fingerprint density at radius 1 is 0.935 bits per heavy atom. The van der Waals surface area contributed by atoms with Crippen molar-refractivity contribution in [3.63, 3.8) is 0 Å². The number of aromatic hydroxyl groups is 1. The number of phenols is 1. The van der Waals surface area contributed by atoms with Crippen LogP contribution in [0, 0.1) is 11.6 Å². The van der Waals surface area contributed by atoms with Crippen molar-refractivity contribution in [2.75, 3.05) is 0 Å². The van der Waals surface area contributed by atoms with E-state index in [0.29, 0.717) is 28.2 Å². The van der Waals surface area contributed by atoms with Crippen LogP contribution >= 0.6 is 0 Å². The Kier molecular flexibility index (Phi) is 5.31. The van der Waals surface area contributed by atoms with Crippen molar-refractivity contribution < 1.29 is 27.1 Å². The molecule has 8 heteroatoms. The van der Waals surface area contributed by atoms with Gasteiger partial charge in [-0.1, -0.05) is 24.3 Å². The van der Waals surface area contributed by atoms with E-state index in [1.807, 2.05) is 0 Å². The Balaban J connectivity index is 1.85. The molecule has 0 saturated heterocycles. The molecule has 0 spiro atoms. The van der Waals surface area contributed by atoms with Gasteiger partial charge < -0.3 is 5.11 Å². The highest BCUT2D eigenvalue weighted by atomic mass is 19.4. The van der Waals surface area contributed by atoms with Gasteiger partial charge in [0.25, 0.3) is 0 Å². The number of benzene rings is 2. The first-order valence-electron chi connectivity index (χ1n) is 9.27. The fraction of sp³-hybridized carbons (Fsp3) is 0.130. The van der Waals surface area contributed by atoms with Gasteiger partial charge in [0.05, 0.1) is 11.8 Å². The average Bonchev–Trinajstić information content (AvgIpc) is 2.73. The molecule has 0 fully saturated rings. The van der Waals surface area contributed by atoms with Crippen LogP contribution in [0.4, 0.5) is 22.0 Å². The number of alkyl halides is 3. The molecule has 2 aromatic carbocycles. The van der Waals surface area contributed by atoms with Gasteiger partial charge in [0.2, 0.25) is 0 Å². The van der Waals surface area contributed by atoms with Gasteiger partial charge in [-0.2, -0.15) is 13.2 Å². The number of pyridine rings is 2. The van der Waals surface area contributed by atoms with Crippen molar-refractivity contribution >= 4 is 10.9 Å². The van der Waals surface area contributed by atoms with Crippen molar-refractivity contribution in [2.45, 2.75) is 18.5 Å². The topological polar surface area (TPSA) is 46.0 Å². The predicted octanol–water partition coefficient (Wildman–Crippen LogP) is 6.01. The number of fused-ring (bicyclic) bond motifs is 1. The number of nitrogens with zero attached hydrogens (tertiary/aromatic N) is 2. The van der Waals surface area contributed by atoms with E-state index in [1.165, 1.54) is 24.4 Å². The zero-order chi connectivity index (χ0) is 22.2. The van der Waals surface area contributed by atoms with E-state index in [-0.39, 0.29) is 17.7 Å². The van der Waals surface area contributed by atoms with Gasteiger partial charge in [0.1, 0.15) is 22.9 Å². The van der Waals surface area contributed by atoms with Crippen LogP contribution in [-0.2, 0) is 12.6 Å². The summed E-state index contributed by atoms with van der Waals surface area (Å²) in [5, 5.41) is 11.5. The van der Waals surface area contributed by atoms with Crippen LogP contribution in [0.15, 0.2) is 67.0 Å². The number of halogens is 5. The molecule has 2 aromatic heterocycles. The molecular weight excluding hydrogens is 415 g/mol. The second-order valence-corrected chi connectivity index (χ2v) is 7.04. The molecule has 1 atom stereocenters. The Labute approximate surface area is 173 Å². The van der Waals surface area contributed by atoms with E-state index in [4.69, 9.17) is 0 Å². The summed E-state index contributed by atoms with van der Waals surface area (Å²) in [6.45, 7) is 0. The third-order valence-electron chi connectivity index (χ3n) is 5.06. The lowest BCUT2D eigenvalue weighted by atomic mass is 9.85. The van der Waals surface area contributed by atoms with Crippen molar-refractivity contribution in [2.24, 2.45) is 0 Å². The first-order valence-corrected chi connectivity index (χ1v) is 9.27. The summed E-state index contributed by atoms with van der Waals surface area (Å²) in [5.74, 6) is -2.87. The molecular formula is C23H15F5N2O. The van der Waals surface area contributed by atoms with E-state index < -0.39 is 29.3 Å². The molecule has 31 heavy (non-hydrogen) atoms. The summed E-state index contributed by atoms with van der Waals surface area (Å²) in [5.41, 5.74) is -0.0883. The fourth-order valence-corrected chi connectivity index (χ4v) is 3.55.